The van der Waals surface area contributed by atoms with Crippen LogP contribution in [0.4, 0.5) is 10.6 Å². The molecule has 1 saturated heterocycles. The summed E-state index contributed by atoms with van der Waals surface area (Å²) in [6.45, 7) is 0. The third-order valence-corrected chi connectivity index (χ3v) is 5.81. The molecule has 3 aromatic rings. The van der Waals surface area contributed by atoms with Crippen molar-refractivity contribution in [2.45, 2.75) is 24.9 Å². The van der Waals surface area contributed by atoms with Crippen LogP contribution in [0.3, 0.4) is 0 Å². The third-order valence-electron chi connectivity index (χ3n) is 5.81. The first-order chi connectivity index (χ1) is 16.0. The van der Waals surface area contributed by atoms with Gasteiger partial charge in [0.15, 0.2) is 6.04 Å². The summed E-state index contributed by atoms with van der Waals surface area (Å²) in [6, 6.07) is 19.6. The number of amides is 3. The van der Waals surface area contributed by atoms with Crippen LogP contribution in [0.2, 0.25) is 0 Å². The van der Waals surface area contributed by atoms with E-state index in [1.54, 1.807) is 18.3 Å². The number of anilines is 1. The SMILES string of the molecule is Nc1cc(CCC2C(=O)N(C(=O)NC(c3ccccc3)c3ccccc3)C2C(=O)O)ccn1. The quantitative estimate of drug-likeness (QED) is 0.481. The van der Waals surface area contributed by atoms with E-state index in [9.17, 15) is 19.5 Å². The summed E-state index contributed by atoms with van der Waals surface area (Å²) in [5, 5.41) is 12.6. The van der Waals surface area contributed by atoms with E-state index < -0.39 is 35.9 Å². The number of nitrogen functional groups attached to an aromatic ring is 1. The van der Waals surface area contributed by atoms with Crippen LogP contribution in [0.25, 0.3) is 0 Å². The molecule has 2 atom stereocenters. The largest absolute Gasteiger partial charge is 0.480 e. The number of hydrogen-bond donors (Lipinski definition) is 3. The van der Waals surface area contributed by atoms with E-state index >= 15 is 0 Å². The summed E-state index contributed by atoms with van der Waals surface area (Å²) in [5.41, 5.74) is 8.19. The average Bonchev–Trinajstić information content (AvgIpc) is 2.82. The fourth-order valence-corrected chi connectivity index (χ4v) is 4.15. The molecule has 4 rings (SSSR count). The number of aryl methyl sites for hydroxylation is 1. The van der Waals surface area contributed by atoms with Gasteiger partial charge in [0, 0.05) is 6.20 Å². The van der Waals surface area contributed by atoms with E-state index in [4.69, 9.17) is 5.73 Å². The standard InChI is InChI=1S/C25H24N4O4/c26-20-15-16(13-14-27-20)11-12-19-22(24(31)32)29(23(19)30)25(33)28-21(17-7-3-1-4-8-17)18-9-5-2-6-10-18/h1-10,13-15,19,21-22H,11-12H2,(H2,26,27)(H,28,33)(H,31,32). The monoisotopic (exact) mass is 444 g/mol. The van der Waals surface area contributed by atoms with Gasteiger partial charge < -0.3 is 16.2 Å². The van der Waals surface area contributed by atoms with Gasteiger partial charge in [-0.2, -0.15) is 0 Å². The fourth-order valence-electron chi connectivity index (χ4n) is 4.15. The minimum absolute atomic E-state index is 0.295. The van der Waals surface area contributed by atoms with Gasteiger partial charge in [-0.25, -0.2) is 19.5 Å². The van der Waals surface area contributed by atoms with Crippen LogP contribution in [-0.4, -0.2) is 38.9 Å². The lowest BCUT2D eigenvalue weighted by Gasteiger charge is -2.43. The van der Waals surface area contributed by atoms with Crippen molar-refractivity contribution >= 4 is 23.7 Å². The highest BCUT2D eigenvalue weighted by Crippen LogP contribution is 2.32. The molecule has 1 aromatic heterocycles. The van der Waals surface area contributed by atoms with Crippen LogP contribution in [0.15, 0.2) is 79.0 Å². The summed E-state index contributed by atoms with van der Waals surface area (Å²) in [5.74, 6) is -2.13. The Morgan fingerprint density at radius 2 is 1.64 bits per heavy atom. The zero-order chi connectivity index (χ0) is 23.4. The highest BCUT2D eigenvalue weighted by Gasteiger charge is 2.54. The molecule has 168 valence electrons. The maximum atomic E-state index is 13.1. The van der Waals surface area contributed by atoms with Gasteiger partial charge in [0.1, 0.15) is 5.82 Å². The smallest absolute Gasteiger partial charge is 0.327 e. The Morgan fingerprint density at radius 1 is 1.03 bits per heavy atom. The van der Waals surface area contributed by atoms with Gasteiger partial charge in [0.2, 0.25) is 5.91 Å². The van der Waals surface area contributed by atoms with Crippen LogP contribution in [0, 0.1) is 5.92 Å². The van der Waals surface area contributed by atoms with Crippen molar-refractivity contribution in [1.82, 2.24) is 15.2 Å². The maximum absolute atomic E-state index is 13.1. The lowest BCUT2D eigenvalue weighted by Crippen LogP contribution is -2.68. The molecular weight excluding hydrogens is 420 g/mol. The molecule has 8 heteroatoms. The number of carboxylic acids is 1. The number of hydrogen-bond acceptors (Lipinski definition) is 5. The predicted molar refractivity (Wildman–Crippen MR) is 122 cm³/mol. The summed E-state index contributed by atoms with van der Waals surface area (Å²) in [7, 11) is 0. The summed E-state index contributed by atoms with van der Waals surface area (Å²) < 4.78 is 0. The number of urea groups is 1. The van der Waals surface area contributed by atoms with Gasteiger partial charge in [-0.05, 0) is 41.7 Å². The number of carbonyl (C=O) groups is 3. The Morgan fingerprint density at radius 3 is 2.18 bits per heavy atom. The van der Waals surface area contributed by atoms with Gasteiger partial charge in [-0.1, -0.05) is 60.7 Å². The van der Waals surface area contributed by atoms with Gasteiger partial charge in [0.25, 0.3) is 0 Å². The molecule has 0 bridgehead atoms. The number of likely N-dealkylation sites (tertiary alicyclic amines) is 1. The summed E-state index contributed by atoms with van der Waals surface area (Å²) in [4.78, 5) is 42.6. The van der Waals surface area contributed by atoms with Crippen LogP contribution < -0.4 is 11.1 Å². The van der Waals surface area contributed by atoms with Crippen molar-refractivity contribution in [1.29, 1.82) is 0 Å². The minimum Gasteiger partial charge on any atom is -0.480 e. The number of nitrogens with one attached hydrogen (secondary N) is 1. The molecule has 2 unspecified atom stereocenters. The minimum atomic E-state index is -1.22. The van der Waals surface area contributed by atoms with Crippen molar-refractivity contribution in [3.05, 3.63) is 95.7 Å². The second kappa shape index (κ2) is 9.52. The zero-order valence-electron chi connectivity index (χ0n) is 17.8. The Balaban J connectivity index is 1.50. The molecule has 1 aliphatic rings. The molecule has 33 heavy (non-hydrogen) atoms. The molecule has 0 aliphatic carbocycles. The highest BCUT2D eigenvalue weighted by molar-refractivity contribution is 6.07. The highest BCUT2D eigenvalue weighted by atomic mass is 16.4. The normalized spacial score (nSPS) is 17.5. The van der Waals surface area contributed by atoms with Crippen molar-refractivity contribution in [2.24, 2.45) is 5.92 Å². The van der Waals surface area contributed by atoms with E-state index in [2.05, 4.69) is 10.3 Å². The average molecular weight is 444 g/mol. The first kappa shape index (κ1) is 22.0. The van der Waals surface area contributed by atoms with Crippen LogP contribution in [0.1, 0.15) is 29.2 Å². The fraction of sp³-hybridized carbons (Fsp3) is 0.200. The number of aromatic nitrogens is 1. The zero-order valence-corrected chi connectivity index (χ0v) is 17.8. The van der Waals surface area contributed by atoms with Gasteiger partial charge in [-0.3, -0.25) is 4.79 Å². The summed E-state index contributed by atoms with van der Waals surface area (Å²) in [6.07, 6.45) is 2.32. The molecule has 4 N–H and O–H groups in total. The maximum Gasteiger partial charge on any atom is 0.327 e. The molecule has 2 heterocycles. The number of pyridine rings is 1. The molecule has 0 saturated carbocycles. The number of β-lactam (4-membered cyclic amide) rings is 1. The lowest BCUT2D eigenvalue weighted by atomic mass is 9.83. The number of benzene rings is 2. The number of rotatable bonds is 7. The number of nitrogens with zero attached hydrogens (tertiary/aromatic N) is 2. The van der Waals surface area contributed by atoms with Crippen molar-refractivity contribution in [2.75, 3.05) is 5.73 Å². The Hall–Kier alpha value is -4.20. The van der Waals surface area contributed by atoms with Crippen LogP contribution in [0.5, 0.6) is 0 Å². The molecule has 1 fully saturated rings. The molecule has 3 amide bonds. The van der Waals surface area contributed by atoms with E-state index in [0.717, 1.165) is 21.6 Å². The molecule has 8 nitrogen and oxygen atoms in total. The number of imide groups is 1. The van der Waals surface area contributed by atoms with Crippen molar-refractivity contribution in [3.8, 4) is 0 Å². The topological polar surface area (TPSA) is 126 Å². The van der Waals surface area contributed by atoms with E-state index in [1.165, 1.54) is 0 Å². The van der Waals surface area contributed by atoms with Gasteiger partial charge >= 0.3 is 12.0 Å². The first-order valence-corrected chi connectivity index (χ1v) is 10.6. The molecule has 0 radical (unpaired) electrons. The van der Waals surface area contributed by atoms with Gasteiger partial charge in [0.05, 0.1) is 12.0 Å². The Kier molecular flexibility index (Phi) is 6.35. The first-order valence-electron chi connectivity index (χ1n) is 10.6. The summed E-state index contributed by atoms with van der Waals surface area (Å²) >= 11 is 0. The molecule has 1 aliphatic heterocycles. The van der Waals surface area contributed by atoms with Gasteiger partial charge in [-0.15, -0.1) is 0 Å². The number of carbonyl (C=O) groups excluding carboxylic acids is 2. The molecule has 2 aromatic carbocycles. The molecule has 0 spiro atoms. The van der Waals surface area contributed by atoms with Crippen LogP contribution in [-0.2, 0) is 16.0 Å². The predicted octanol–water partition coefficient (Wildman–Crippen LogP) is 3.01. The molecular formula is C25H24N4O4. The number of carboxylic acid groups (broad SMARTS) is 1. The van der Waals surface area contributed by atoms with E-state index in [-0.39, 0.29) is 0 Å². The third kappa shape index (κ3) is 4.69. The van der Waals surface area contributed by atoms with Crippen molar-refractivity contribution in [3.63, 3.8) is 0 Å². The van der Waals surface area contributed by atoms with E-state index in [1.807, 2.05) is 60.7 Å². The van der Waals surface area contributed by atoms with Crippen molar-refractivity contribution < 1.29 is 19.5 Å². The lowest BCUT2D eigenvalue weighted by molar-refractivity contribution is -0.166. The Labute approximate surface area is 191 Å². The van der Waals surface area contributed by atoms with Crippen LogP contribution >= 0.6 is 0 Å². The Bertz CT molecular complexity index is 1110. The second-order valence-electron chi connectivity index (χ2n) is 7.93. The second-order valence-corrected chi connectivity index (χ2v) is 7.93. The van der Waals surface area contributed by atoms with E-state index in [0.29, 0.717) is 18.7 Å². The number of aliphatic carboxylic acids is 1. The number of nitrogens with two attached hydrogens (primary N) is 1.